The molecule has 2 aromatic carbocycles. The van der Waals surface area contributed by atoms with Gasteiger partial charge in [0.25, 0.3) is 0 Å². The molecule has 1 saturated carbocycles. The Labute approximate surface area is 245 Å². The number of rotatable bonds is 6. The van der Waals surface area contributed by atoms with Gasteiger partial charge in [-0.2, -0.15) is 0 Å². The van der Waals surface area contributed by atoms with Gasteiger partial charge in [-0.25, -0.2) is 0 Å². The fraction of sp³-hybridized carbons (Fsp3) is 0.441. The van der Waals surface area contributed by atoms with E-state index in [0.717, 1.165) is 23.8 Å². The zero-order valence-electron chi connectivity index (χ0n) is 24.9. The first kappa shape index (κ1) is 29.6. The predicted octanol–water partition coefficient (Wildman–Crippen LogP) is 4.98. The zero-order chi connectivity index (χ0) is 30.9. The van der Waals surface area contributed by atoms with E-state index < -0.39 is 56.8 Å². The van der Waals surface area contributed by atoms with Crippen molar-refractivity contribution >= 4 is 23.1 Å². The Hall–Kier alpha value is -3.91. The van der Waals surface area contributed by atoms with Gasteiger partial charge in [-0.05, 0) is 73.4 Å². The van der Waals surface area contributed by atoms with E-state index in [-0.39, 0.29) is 35.6 Å². The number of aliphatic hydroxyl groups excluding tert-OH is 2. The molecule has 0 amide bonds. The van der Waals surface area contributed by atoms with Gasteiger partial charge in [0.05, 0.1) is 12.7 Å². The van der Waals surface area contributed by atoms with E-state index in [1.54, 1.807) is 27.9 Å². The summed E-state index contributed by atoms with van der Waals surface area (Å²) in [5.74, 6) is -4.48. The number of Topliss-reactive ketones (excluding diaryl/α,β-unsaturated/α-hetero) is 3. The van der Waals surface area contributed by atoms with Crippen molar-refractivity contribution in [2.24, 2.45) is 22.7 Å². The van der Waals surface area contributed by atoms with Crippen molar-refractivity contribution in [3.63, 3.8) is 0 Å². The molecule has 0 radical (unpaired) electrons. The molecular weight excluding hydrogens is 536 g/mol. The quantitative estimate of drug-likeness (QED) is 0.354. The molecule has 0 heterocycles. The summed E-state index contributed by atoms with van der Waals surface area (Å²) in [6, 6.07) is 11.0. The number of aliphatic hydroxyl groups is 3. The summed E-state index contributed by atoms with van der Waals surface area (Å²) >= 11 is 0. The van der Waals surface area contributed by atoms with Crippen molar-refractivity contribution in [2.45, 2.75) is 65.9 Å². The third-order valence-corrected chi connectivity index (χ3v) is 9.83. The average Bonchev–Trinajstić information content (AvgIpc) is 2.90. The number of allylic oxidation sites excluding steroid dienone is 1. The number of ether oxygens (including phenoxy) is 1. The van der Waals surface area contributed by atoms with Gasteiger partial charge < -0.3 is 25.2 Å². The predicted molar refractivity (Wildman–Crippen MR) is 156 cm³/mol. The third-order valence-electron chi connectivity index (χ3n) is 9.83. The minimum absolute atomic E-state index is 0.0679. The molecule has 8 nitrogen and oxygen atoms in total. The molecule has 0 saturated heterocycles. The molecule has 8 heteroatoms. The Balaban J connectivity index is 1.67. The maximum absolute atomic E-state index is 14.4. The number of ketones is 3. The van der Waals surface area contributed by atoms with E-state index in [0.29, 0.717) is 18.4 Å². The van der Waals surface area contributed by atoms with Crippen LogP contribution in [0.25, 0.3) is 5.76 Å². The fourth-order valence-electron chi connectivity index (χ4n) is 8.08. The van der Waals surface area contributed by atoms with Crippen molar-refractivity contribution in [2.75, 3.05) is 7.11 Å². The molecule has 4 N–H and O–H groups in total. The van der Waals surface area contributed by atoms with Gasteiger partial charge in [0.2, 0.25) is 5.78 Å². The van der Waals surface area contributed by atoms with Gasteiger partial charge in [-0.1, -0.05) is 45.9 Å². The van der Waals surface area contributed by atoms with E-state index in [9.17, 15) is 34.8 Å². The summed E-state index contributed by atoms with van der Waals surface area (Å²) < 4.78 is 5.25. The number of fused-ring (bicyclic) bond motifs is 3. The minimum Gasteiger partial charge on any atom is -0.508 e. The number of hydrogen-bond donors (Lipinski definition) is 4. The normalized spacial score (nSPS) is 28.9. The van der Waals surface area contributed by atoms with Gasteiger partial charge in [0, 0.05) is 22.3 Å². The highest BCUT2D eigenvalue weighted by Crippen LogP contribution is 2.65. The Kier molecular flexibility index (Phi) is 6.93. The zero-order valence-corrected chi connectivity index (χ0v) is 24.9. The number of aromatic hydroxyl groups is 1. The number of benzene rings is 2. The molecule has 42 heavy (non-hydrogen) atoms. The largest absolute Gasteiger partial charge is 0.508 e. The molecule has 1 fully saturated rings. The molecule has 2 aromatic rings. The Bertz CT molecular complexity index is 1580. The van der Waals surface area contributed by atoms with E-state index >= 15 is 0 Å². The second kappa shape index (κ2) is 9.83. The van der Waals surface area contributed by atoms with Gasteiger partial charge in [0.1, 0.15) is 28.6 Å². The highest BCUT2D eigenvalue weighted by molar-refractivity contribution is 6.24. The molecule has 0 aliphatic heterocycles. The number of methoxy groups -OCH3 is 1. The Morgan fingerprint density at radius 3 is 2.24 bits per heavy atom. The maximum atomic E-state index is 14.4. The summed E-state index contributed by atoms with van der Waals surface area (Å²) in [4.78, 5) is 40.5. The lowest BCUT2D eigenvalue weighted by atomic mass is 9.43. The smallest absolute Gasteiger partial charge is 0.203 e. The summed E-state index contributed by atoms with van der Waals surface area (Å²) in [6.07, 6.45) is 1.61. The number of carbonyl (C=O) groups is 3. The summed E-state index contributed by atoms with van der Waals surface area (Å²) in [6.45, 7) is 8.11. The molecule has 222 valence electrons. The van der Waals surface area contributed by atoms with Crippen LogP contribution < -0.4 is 4.74 Å². The lowest BCUT2D eigenvalue weighted by Gasteiger charge is -2.59. The van der Waals surface area contributed by atoms with E-state index in [2.05, 4.69) is 0 Å². The molecule has 1 unspecified atom stereocenters. The highest BCUT2D eigenvalue weighted by atomic mass is 16.5. The molecule has 5 rings (SSSR count). The summed E-state index contributed by atoms with van der Waals surface area (Å²) in [5, 5.41) is 46.0. The van der Waals surface area contributed by atoms with E-state index in [1.165, 1.54) is 6.07 Å². The van der Waals surface area contributed by atoms with Crippen LogP contribution in [-0.4, -0.2) is 50.5 Å². The monoisotopic (exact) mass is 574 g/mol. The number of phenolic OH excluding ortho intramolecular Hbond substituents is 1. The second-order valence-electron chi connectivity index (χ2n) is 12.9. The number of carbonyl (C=O) groups excluding carboxylic acids is 3. The standard InChI is InChI=1S/C34H38O8/c1-17(2)26-28(37)24(18(3)35)30(39)34(41)31(40)27-29(38)25-22(15-32(27,4)16-33(26,34)5)20(11-14-23(25)36)10-7-19-8-12-21(42-6)13-9-19/h8-9,11-14,17,26,36,38-39,41H,7,10,15-16H2,1-6H3/t26?,32-,33-,34+/m1/s1. The second-order valence-corrected chi connectivity index (χ2v) is 12.9. The number of hydrogen-bond acceptors (Lipinski definition) is 8. The number of phenols is 1. The summed E-state index contributed by atoms with van der Waals surface area (Å²) in [5.41, 5.74) is -3.04. The van der Waals surface area contributed by atoms with Crippen molar-refractivity contribution in [3.8, 4) is 11.5 Å². The van der Waals surface area contributed by atoms with E-state index in [1.807, 2.05) is 37.3 Å². The molecule has 0 aromatic heterocycles. The first-order valence-electron chi connectivity index (χ1n) is 14.3. The number of aryl methyl sites for hydroxylation is 2. The van der Waals surface area contributed by atoms with Crippen LogP contribution in [0.1, 0.15) is 63.3 Å². The minimum atomic E-state index is -2.61. The lowest BCUT2D eigenvalue weighted by molar-refractivity contribution is -0.178. The first-order valence-corrected chi connectivity index (χ1v) is 14.3. The molecule has 0 spiro atoms. The van der Waals surface area contributed by atoms with Crippen LogP contribution >= 0.6 is 0 Å². The van der Waals surface area contributed by atoms with E-state index in [4.69, 9.17) is 4.74 Å². The van der Waals surface area contributed by atoms with Gasteiger partial charge in [0.15, 0.2) is 17.2 Å². The lowest BCUT2D eigenvalue weighted by Crippen LogP contribution is -2.69. The van der Waals surface area contributed by atoms with Crippen molar-refractivity contribution in [1.29, 1.82) is 0 Å². The van der Waals surface area contributed by atoms with Crippen molar-refractivity contribution in [3.05, 3.63) is 75.6 Å². The van der Waals surface area contributed by atoms with Crippen molar-refractivity contribution in [1.82, 2.24) is 0 Å². The van der Waals surface area contributed by atoms with Crippen LogP contribution in [0.2, 0.25) is 0 Å². The molecule has 3 aliphatic rings. The van der Waals surface area contributed by atoms with Crippen molar-refractivity contribution < 1.29 is 39.5 Å². The van der Waals surface area contributed by atoms with Gasteiger partial charge >= 0.3 is 0 Å². The maximum Gasteiger partial charge on any atom is 0.203 e. The molecule has 3 aliphatic carbocycles. The van der Waals surface area contributed by atoms with Crippen LogP contribution in [0.15, 0.2) is 53.3 Å². The van der Waals surface area contributed by atoms with Crippen LogP contribution in [0, 0.1) is 22.7 Å². The van der Waals surface area contributed by atoms with Crippen LogP contribution in [-0.2, 0) is 33.6 Å². The SMILES string of the molecule is COc1ccc(CCc2ccc(O)c3c2C[C@]2(C)C[C@]4(C)C(C(C)C)C(=O)C(C(C)=O)=C(O)[C@]4(O)C(=O)C2=C3O)cc1. The van der Waals surface area contributed by atoms with Crippen LogP contribution in [0.4, 0.5) is 0 Å². The molecule has 0 bridgehead atoms. The van der Waals surface area contributed by atoms with Crippen LogP contribution in [0.5, 0.6) is 11.5 Å². The topological polar surface area (TPSA) is 141 Å². The Morgan fingerprint density at radius 2 is 1.67 bits per heavy atom. The van der Waals surface area contributed by atoms with Gasteiger partial charge in [-0.15, -0.1) is 0 Å². The fourth-order valence-corrected chi connectivity index (χ4v) is 8.08. The molecule has 4 atom stereocenters. The first-order chi connectivity index (χ1) is 19.6. The molecular formula is C34H38O8. The summed E-state index contributed by atoms with van der Waals surface area (Å²) in [7, 11) is 1.61. The van der Waals surface area contributed by atoms with Gasteiger partial charge in [-0.3, -0.25) is 14.4 Å². The Morgan fingerprint density at radius 1 is 1.02 bits per heavy atom. The third kappa shape index (κ3) is 3.95. The highest BCUT2D eigenvalue weighted by Gasteiger charge is 2.72. The van der Waals surface area contributed by atoms with Crippen LogP contribution in [0.3, 0.4) is 0 Å². The average molecular weight is 575 g/mol.